The van der Waals surface area contributed by atoms with Gasteiger partial charge in [0.2, 0.25) is 5.91 Å². The molecular formula is C30H23FN4O3S. The molecule has 0 unspecified atom stereocenters. The second-order valence-corrected chi connectivity index (χ2v) is 9.88. The van der Waals surface area contributed by atoms with E-state index in [9.17, 15) is 9.18 Å². The highest BCUT2D eigenvalue weighted by atomic mass is 32.2. The molecule has 39 heavy (non-hydrogen) atoms. The summed E-state index contributed by atoms with van der Waals surface area (Å²) >= 11 is 1.21. The van der Waals surface area contributed by atoms with Gasteiger partial charge < -0.3 is 14.5 Å². The normalized spacial score (nSPS) is 11.3. The predicted octanol–water partition coefficient (Wildman–Crippen LogP) is 7.02. The number of carbonyl (C=O) groups excluding carboxylic acids is 1. The van der Waals surface area contributed by atoms with Crippen LogP contribution in [0.4, 0.5) is 10.1 Å². The zero-order valence-corrected chi connectivity index (χ0v) is 22.0. The fourth-order valence-electron chi connectivity index (χ4n) is 4.44. The SMILES string of the molecule is COc1cc2c(cc1NC(=O)CSc1nnc(-c3ccccc3F)n1-c1ccc(C)cc1)oc1ccccc12. The number of furan rings is 1. The number of methoxy groups -OCH3 is 1. The lowest BCUT2D eigenvalue weighted by atomic mass is 10.1. The van der Waals surface area contributed by atoms with Crippen molar-refractivity contribution in [1.29, 1.82) is 0 Å². The van der Waals surface area contributed by atoms with Crippen molar-refractivity contribution in [3.05, 3.63) is 96.3 Å². The maximum atomic E-state index is 14.7. The molecule has 7 nitrogen and oxygen atoms in total. The molecule has 0 saturated heterocycles. The Morgan fingerprint density at radius 1 is 0.974 bits per heavy atom. The maximum Gasteiger partial charge on any atom is 0.234 e. The van der Waals surface area contributed by atoms with Crippen LogP contribution in [0.2, 0.25) is 0 Å². The number of carbonyl (C=O) groups is 1. The van der Waals surface area contributed by atoms with Crippen molar-refractivity contribution >= 4 is 45.3 Å². The summed E-state index contributed by atoms with van der Waals surface area (Å²) in [7, 11) is 1.56. The molecule has 0 bridgehead atoms. The maximum absolute atomic E-state index is 14.7. The molecule has 0 aliphatic heterocycles. The van der Waals surface area contributed by atoms with Crippen LogP contribution in [-0.2, 0) is 4.79 Å². The number of hydrogen-bond acceptors (Lipinski definition) is 6. The molecule has 9 heteroatoms. The number of halogens is 1. The third-order valence-electron chi connectivity index (χ3n) is 6.35. The number of anilines is 1. The van der Waals surface area contributed by atoms with Gasteiger partial charge in [0.05, 0.1) is 24.1 Å². The lowest BCUT2D eigenvalue weighted by molar-refractivity contribution is -0.113. The Bertz CT molecular complexity index is 1830. The molecule has 1 N–H and O–H groups in total. The second kappa shape index (κ2) is 10.3. The molecule has 0 spiro atoms. The van der Waals surface area contributed by atoms with Gasteiger partial charge >= 0.3 is 0 Å². The van der Waals surface area contributed by atoms with E-state index >= 15 is 0 Å². The van der Waals surface area contributed by atoms with Crippen molar-refractivity contribution < 1.29 is 18.3 Å². The molecule has 4 aromatic carbocycles. The van der Waals surface area contributed by atoms with E-state index in [1.165, 1.54) is 17.8 Å². The molecule has 2 heterocycles. The Morgan fingerprint density at radius 3 is 2.54 bits per heavy atom. The molecule has 0 aliphatic carbocycles. The number of amides is 1. The monoisotopic (exact) mass is 538 g/mol. The topological polar surface area (TPSA) is 82.2 Å². The number of aryl methyl sites for hydroxylation is 1. The Kier molecular flexibility index (Phi) is 6.50. The molecule has 0 aliphatic rings. The van der Waals surface area contributed by atoms with Gasteiger partial charge in [0.1, 0.15) is 22.7 Å². The van der Waals surface area contributed by atoms with Crippen LogP contribution in [0.15, 0.2) is 94.5 Å². The van der Waals surface area contributed by atoms with E-state index in [1.54, 1.807) is 35.9 Å². The quantitative estimate of drug-likeness (QED) is 0.220. The molecule has 0 saturated carbocycles. The summed E-state index contributed by atoms with van der Waals surface area (Å²) in [6.07, 6.45) is 0. The van der Waals surface area contributed by atoms with Gasteiger partial charge in [0, 0.05) is 22.5 Å². The van der Waals surface area contributed by atoms with Gasteiger partial charge in [-0.05, 0) is 43.3 Å². The third-order valence-corrected chi connectivity index (χ3v) is 7.27. The first-order valence-electron chi connectivity index (χ1n) is 12.2. The molecule has 0 fully saturated rings. The van der Waals surface area contributed by atoms with Crippen LogP contribution in [-0.4, -0.2) is 33.5 Å². The number of nitrogens with zero attached hydrogens (tertiary/aromatic N) is 3. The smallest absolute Gasteiger partial charge is 0.234 e. The number of benzene rings is 4. The largest absolute Gasteiger partial charge is 0.495 e. The molecule has 6 rings (SSSR count). The Labute approximate surface area is 227 Å². The average Bonchev–Trinajstić information content (AvgIpc) is 3.53. The minimum atomic E-state index is -0.402. The molecule has 2 aromatic heterocycles. The first kappa shape index (κ1) is 24.7. The number of rotatable bonds is 7. The van der Waals surface area contributed by atoms with Gasteiger partial charge in [-0.15, -0.1) is 10.2 Å². The zero-order valence-electron chi connectivity index (χ0n) is 21.1. The van der Waals surface area contributed by atoms with Gasteiger partial charge in [-0.2, -0.15) is 0 Å². The average molecular weight is 539 g/mol. The molecule has 1 amide bonds. The van der Waals surface area contributed by atoms with Gasteiger partial charge in [-0.1, -0.05) is 59.8 Å². The predicted molar refractivity (Wildman–Crippen MR) is 151 cm³/mol. The second-order valence-electron chi connectivity index (χ2n) is 8.94. The zero-order chi connectivity index (χ0) is 26.9. The summed E-state index contributed by atoms with van der Waals surface area (Å²) in [5, 5.41) is 13.8. The number of thioether (sulfide) groups is 1. The Balaban J connectivity index is 1.28. The first-order chi connectivity index (χ1) is 19.0. The highest BCUT2D eigenvalue weighted by molar-refractivity contribution is 7.99. The molecule has 0 atom stereocenters. The van der Waals surface area contributed by atoms with Crippen molar-refractivity contribution in [2.45, 2.75) is 12.1 Å². The van der Waals surface area contributed by atoms with Crippen LogP contribution in [0, 0.1) is 12.7 Å². The van der Waals surface area contributed by atoms with Crippen molar-refractivity contribution in [1.82, 2.24) is 14.8 Å². The minimum absolute atomic E-state index is 0.0442. The highest BCUT2D eigenvalue weighted by Crippen LogP contribution is 2.36. The summed E-state index contributed by atoms with van der Waals surface area (Å²) in [5.74, 6) is 0.261. The van der Waals surface area contributed by atoms with Crippen LogP contribution in [0.25, 0.3) is 39.0 Å². The standard InChI is InChI=1S/C30H23FN4O3S/c1-18-11-13-19(14-12-18)35-29(21-8-3-5-9-23(21)31)33-34-30(35)39-17-28(36)32-24-16-26-22(15-27(24)37-2)20-7-4-6-10-25(20)38-26/h3-16H,17H2,1-2H3,(H,32,36). The molecule has 6 aromatic rings. The van der Waals surface area contributed by atoms with Crippen LogP contribution in [0.5, 0.6) is 5.75 Å². The first-order valence-corrected chi connectivity index (χ1v) is 13.2. The summed E-state index contributed by atoms with van der Waals surface area (Å²) < 4.78 is 28.0. The Hall–Kier alpha value is -4.63. The fourth-order valence-corrected chi connectivity index (χ4v) is 5.19. The van der Waals surface area contributed by atoms with E-state index in [1.807, 2.05) is 61.5 Å². The van der Waals surface area contributed by atoms with E-state index in [4.69, 9.17) is 9.15 Å². The van der Waals surface area contributed by atoms with Gasteiger partial charge in [0.15, 0.2) is 11.0 Å². The van der Waals surface area contributed by atoms with Crippen molar-refractivity contribution in [3.8, 4) is 22.8 Å². The summed E-state index contributed by atoms with van der Waals surface area (Å²) in [6.45, 7) is 1.99. The van der Waals surface area contributed by atoms with Crippen molar-refractivity contribution in [2.24, 2.45) is 0 Å². The summed E-state index contributed by atoms with van der Waals surface area (Å²) in [4.78, 5) is 13.0. The molecule has 0 radical (unpaired) electrons. The van der Waals surface area contributed by atoms with E-state index in [0.29, 0.717) is 33.6 Å². The molecular weight excluding hydrogens is 515 g/mol. The van der Waals surface area contributed by atoms with Crippen LogP contribution < -0.4 is 10.1 Å². The third kappa shape index (κ3) is 4.72. The fraction of sp³-hybridized carbons (Fsp3) is 0.100. The van der Waals surface area contributed by atoms with Gasteiger partial charge in [-0.25, -0.2) is 4.39 Å². The minimum Gasteiger partial charge on any atom is -0.495 e. The number of hydrogen-bond donors (Lipinski definition) is 1. The Morgan fingerprint density at radius 2 is 1.74 bits per heavy atom. The van der Waals surface area contributed by atoms with E-state index in [0.717, 1.165) is 27.6 Å². The molecule has 194 valence electrons. The van der Waals surface area contributed by atoms with Crippen LogP contribution >= 0.6 is 11.8 Å². The van der Waals surface area contributed by atoms with E-state index in [-0.39, 0.29) is 11.7 Å². The van der Waals surface area contributed by atoms with Crippen molar-refractivity contribution in [3.63, 3.8) is 0 Å². The van der Waals surface area contributed by atoms with Crippen LogP contribution in [0.1, 0.15) is 5.56 Å². The lowest BCUT2D eigenvalue weighted by Crippen LogP contribution is -2.15. The number of para-hydroxylation sites is 1. The summed E-state index contributed by atoms with van der Waals surface area (Å²) in [6, 6.07) is 25.5. The van der Waals surface area contributed by atoms with Crippen molar-refractivity contribution in [2.75, 3.05) is 18.2 Å². The van der Waals surface area contributed by atoms with Crippen LogP contribution in [0.3, 0.4) is 0 Å². The number of fused-ring (bicyclic) bond motifs is 3. The lowest BCUT2D eigenvalue weighted by Gasteiger charge is -2.12. The number of nitrogens with one attached hydrogen (secondary N) is 1. The number of ether oxygens (including phenoxy) is 1. The van der Waals surface area contributed by atoms with E-state index in [2.05, 4.69) is 15.5 Å². The highest BCUT2D eigenvalue weighted by Gasteiger charge is 2.20. The summed E-state index contributed by atoms with van der Waals surface area (Å²) in [5.41, 5.74) is 4.09. The number of aromatic nitrogens is 3. The van der Waals surface area contributed by atoms with Gasteiger partial charge in [-0.3, -0.25) is 9.36 Å². The van der Waals surface area contributed by atoms with Gasteiger partial charge in [0.25, 0.3) is 0 Å². The van der Waals surface area contributed by atoms with E-state index < -0.39 is 5.82 Å².